The van der Waals surface area contributed by atoms with Crippen molar-refractivity contribution in [1.29, 1.82) is 5.26 Å². The van der Waals surface area contributed by atoms with Gasteiger partial charge < -0.3 is 5.73 Å². The molecule has 1 aromatic carbocycles. The lowest BCUT2D eigenvalue weighted by Gasteiger charge is -2.18. The second kappa shape index (κ2) is 3.47. The first-order valence-electron chi connectivity index (χ1n) is 4.04. The average molecular weight is 213 g/mol. The second-order valence-corrected chi connectivity index (χ2v) is 4.00. The van der Waals surface area contributed by atoms with Crippen molar-refractivity contribution in [2.24, 2.45) is 0 Å². The quantitative estimate of drug-likeness (QED) is 0.728. The van der Waals surface area contributed by atoms with E-state index < -0.39 is 11.2 Å². The van der Waals surface area contributed by atoms with Gasteiger partial charge in [-0.25, -0.2) is 4.39 Å². The van der Waals surface area contributed by atoms with Crippen molar-refractivity contribution < 1.29 is 4.39 Å². The van der Waals surface area contributed by atoms with Crippen LogP contribution in [0.1, 0.15) is 19.4 Å². The molecule has 0 aliphatic heterocycles. The zero-order valence-corrected chi connectivity index (χ0v) is 8.69. The van der Waals surface area contributed by atoms with Crippen molar-refractivity contribution in [1.82, 2.24) is 0 Å². The smallest absolute Gasteiger partial charge is 0.147 e. The molecule has 0 unspecified atom stereocenters. The number of anilines is 1. The van der Waals surface area contributed by atoms with Gasteiger partial charge in [-0.2, -0.15) is 5.26 Å². The van der Waals surface area contributed by atoms with Crippen molar-refractivity contribution >= 4 is 17.3 Å². The monoisotopic (exact) mass is 212 g/mol. The van der Waals surface area contributed by atoms with Crippen LogP contribution in [0.2, 0.25) is 5.02 Å². The lowest BCUT2D eigenvalue weighted by atomic mass is 9.86. The lowest BCUT2D eigenvalue weighted by molar-refractivity contribution is 0.627. The molecule has 0 aliphatic carbocycles. The first kappa shape index (κ1) is 10.8. The average Bonchev–Trinajstić information content (AvgIpc) is 2.11. The number of nitrogens with two attached hydrogens (primary N) is 1. The molecule has 74 valence electrons. The summed E-state index contributed by atoms with van der Waals surface area (Å²) in [5.41, 5.74) is 5.18. The van der Waals surface area contributed by atoms with Crippen LogP contribution in [0.5, 0.6) is 0 Å². The van der Waals surface area contributed by atoms with Gasteiger partial charge in [-0.05, 0) is 31.5 Å². The summed E-state index contributed by atoms with van der Waals surface area (Å²) >= 11 is 5.82. The Hall–Kier alpha value is -1.27. The highest BCUT2D eigenvalue weighted by Crippen LogP contribution is 2.32. The summed E-state index contributed by atoms with van der Waals surface area (Å²) in [4.78, 5) is 0. The maximum absolute atomic E-state index is 13.0. The Balaban J connectivity index is 3.38. The minimum atomic E-state index is -0.765. The van der Waals surface area contributed by atoms with Crippen LogP contribution >= 0.6 is 11.6 Å². The van der Waals surface area contributed by atoms with Crippen LogP contribution in [0.3, 0.4) is 0 Å². The Morgan fingerprint density at radius 3 is 2.57 bits per heavy atom. The number of nitrogens with zero attached hydrogens (tertiary/aromatic N) is 1. The van der Waals surface area contributed by atoms with E-state index in [9.17, 15) is 4.39 Å². The maximum Gasteiger partial charge on any atom is 0.147 e. The topological polar surface area (TPSA) is 49.8 Å². The van der Waals surface area contributed by atoms with E-state index in [0.717, 1.165) is 6.07 Å². The number of halogens is 2. The van der Waals surface area contributed by atoms with Gasteiger partial charge in [0.25, 0.3) is 0 Å². The molecule has 0 amide bonds. The van der Waals surface area contributed by atoms with Gasteiger partial charge in [-0.15, -0.1) is 0 Å². The van der Waals surface area contributed by atoms with E-state index in [1.807, 2.05) is 0 Å². The third kappa shape index (κ3) is 1.80. The third-order valence-electron chi connectivity index (χ3n) is 2.04. The Morgan fingerprint density at radius 2 is 2.07 bits per heavy atom. The molecule has 2 N–H and O–H groups in total. The molecular weight excluding hydrogens is 203 g/mol. The van der Waals surface area contributed by atoms with Gasteiger partial charge in [0.1, 0.15) is 5.82 Å². The molecule has 0 spiro atoms. The zero-order valence-electron chi connectivity index (χ0n) is 7.94. The minimum Gasteiger partial charge on any atom is -0.396 e. The molecule has 1 aromatic rings. The highest BCUT2D eigenvalue weighted by Gasteiger charge is 2.23. The summed E-state index contributed by atoms with van der Waals surface area (Å²) in [6.07, 6.45) is 0. The Labute approximate surface area is 87.1 Å². The highest BCUT2D eigenvalue weighted by molar-refractivity contribution is 6.31. The highest BCUT2D eigenvalue weighted by atomic mass is 35.5. The van der Waals surface area contributed by atoms with Gasteiger partial charge in [0.15, 0.2) is 0 Å². The fourth-order valence-corrected chi connectivity index (χ4v) is 1.49. The summed E-state index contributed by atoms with van der Waals surface area (Å²) in [5, 5.41) is 9.11. The predicted molar refractivity (Wildman–Crippen MR) is 54.5 cm³/mol. The molecule has 0 radical (unpaired) electrons. The summed E-state index contributed by atoms with van der Waals surface area (Å²) in [7, 11) is 0. The number of hydrogen-bond acceptors (Lipinski definition) is 2. The van der Waals surface area contributed by atoms with Crippen LogP contribution in [0.25, 0.3) is 0 Å². The first-order chi connectivity index (χ1) is 6.38. The van der Waals surface area contributed by atoms with Gasteiger partial charge in [0.2, 0.25) is 0 Å². The van der Waals surface area contributed by atoms with E-state index in [4.69, 9.17) is 22.6 Å². The van der Waals surface area contributed by atoms with Crippen molar-refractivity contribution in [3.8, 4) is 6.07 Å². The first-order valence-corrected chi connectivity index (χ1v) is 4.42. The molecule has 0 heterocycles. The van der Waals surface area contributed by atoms with Gasteiger partial charge in [0.05, 0.1) is 17.2 Å². The molecule has 4 heteroatoms. The number of nitriles is 1. The van der Waals surface area contributed by atoms with Gasteiger partial charge in [0, 0.05) is 5.02 Å². The molecule has 0 saturated carbocycles. The maximum atomic E-state index is 13.0. The van der Waals surface area contributed by atoms with Crippen LogP contribution in [-0.2, 0) is 5.41 Å². The minimum absolute atomic E-state index is 0.00715. The molecule has 1 rings (SSSR count). The van der Waals surface area contributed by atoms with Crippen LogP contribution in [0.15, 0.2) is 12.1 Å². The predicted octanol–water partition coefficient (Wildman–Crippen LogP) is 2.86. The van der Waals surface area contributed by atoms with Crippen LogP contribution in [0, 0.1) is 17.1 Å². The van der Waals surface area contributed by atoms with E-state index in [1.54, 1.807) is 13.8 Å². The fourth-order valence-electron chi connectivity index (χ4n) is 1.10. The molecule has 0 aliphatic rings. The summed E-state index contributed by atoms with van der Waals surface area (Å²) in [6.45, 7) is 3.40. The molecule has 0 bridgehead atoms. The number of rotatable bonds is 1. The Kier molecular flexibility index (Phi) is 2.68. The van der Waals surface area contributed by atoms with Gasteiger partial charge in [-0.1, -0.05) is 11.6 Å². The lowest BCUT2D eigenvalue weighted by Crippen LogP contribution is -2.15. The summed E-state index contributed by atoms with van der Waals surface area (Å²) < 4.78 is 13.0. The molecule has 0 saturated heterocycles. The largest absolute Gasteiger partial charge is 0.396 e. The van der Waals surface area contributed by atoms with Crippen molar-refractivity contribution in [2.45, 2.75) is 19.3 Å². The Morgan fingerprint density at radius 1 is 1.50 bits per heavy atom. The SMILES string of the molecule is CC(C)(C#N)c1cc(N)c(F)cc1Cl. The normalized spacial score (nSPS) is 11.1. The van der Waals surface area contributed by atoms with Crippen molar-refractivity contribution in [2.75, 3.05) is 5.73 Å². The van der Waals surface area contributed by atoms with Crippen LogP contribution in [0.4, 0.5) is 10.1 Å². The van der Waals surface area contributed by atoms with E-state index in [-0.39, 0.29) is 10.7 Å². The van der Waals surface area contributed by atoms with E-state index in [1.165, 1.54) is 6.07 Å². The van der Waals surface area contributed by atoms with E-state index >= 15 is 0 Å². The summed E-state index contributed by atoms with van der Waals surface area (Å²) in [6, 6.07) is 4.62. The number of hydrogen-bond donors (Lipinski definition) is 1. The van der Waals surface area contributed by atoms with E-state index in [0.29, 0.717) is 5.56 Å². The Bertz CT molecular complexity index is 407. The number of benzene rings is 1. The molecule has 0 atom stereocenters. The van der Waals surface area contributed by atoms with Gasteiger partial charge >= 0.3 is 0 Å². The third-order valence-corrected chi connectivity index (χ3v) is 2.35. The molecule has 2 nitrogen and oxygen atoms in total. The fraction of sp³-hybridized carbons (Fsp3) is 0.300. The number of nitrogen functional groups attached to an aromatic ring is 1. The molecular formula is C10H10ClFN2. The van der Waals surface area contributed by atoms with Crippen molar-refractivity contribution in [3.05, 3.63) is 28.5 Å². The summed E-state index contributed by atoms with van der Waals surface area (Å²) in [5.74, 6) is -0.563. The standard InChI is InChI=1S/C10H10ClFN2/c1-10(2,5-13)6-3-9(14)8(12)4-7(6)11/h3-4H,14H2,1-2H3. The zero-order chi connectivity index (χ0) is 10.9. The molecule has 14 heavy (non-hydrogen) atoms. The van der Waals surface area contributed by atoms with Crippen LogP contribution < -0.4 is 5.73 Å². The van der Waals surface area contributed by atoms with Crippen molar-refractivity contribution in [3.63, 3.8) is 0 Å². The molecule has 0 aromatic heterocycles. The van der Waals surface area contributed by atoms with Gasteiger partial charge in [-0.3, -0.25) is 0 Å². The second-order valence-electron chi connectivity index (χ2n) is 3.59. The van der Waals surface area contributed by atoms with Crippen LogP contribution in [-0.4, -0.2) is 0 Å². The molecule has 0 fully saturated rings. The van der Waals surface area contributed by atoms with E-state index in [2.05, 4.69) is 6.07 Å².